The minimum Gasteiger partial charge on any atom is -0.237 e. The Hall–Kier alpha value is -1.81. The fourth-order valence-corrected chi connectivity index (χ4v) is 1.92. The summed E-state index contributed by atoms with van der Waals surface area (Å²) in [6, 6.07) is 15.7. The van der Waals surface area contributed by atoms with Crippen molar-refractivity contribution in [1.82, 2.24) is 4.98 Å². The summed E-state index contributed by atoms with van der Waals surface area (Å²) in [5.41, 5.74) is 1.02. The van der Waals surface area contributed by atoms with E-state index < -0.39 is 0 Å². The van der Waals surface area contributed by atoms with E-state index in [2.05, 4.69) is 26.9 Å². The molecule has 1 heterocycles. The van der Waals surface area contributed by atoms with Crippen LogP contribution in [-0.4, -0.2) is 23.3 Å². The third-order valence-electron chi connectivity index (χ3n) is 2.17. The largest absolute Gasteiger partial charge is 0.237 e. The lowest BCUT2D eigenvalue weighted by molar-refractivity contribution is 1.27. The van der Waals surface area contributed by atoms with Crippen LogP contribution in [0.15, 0.2) is 64.1 Å². The molecule has 18 heavy (non-hydrogen) atoms. The molecule has 0 amide bonds. The highest BCUT2D eigenvalue weighted by molar-refractivity contribution is 7.86. The van der Waals surface area contributed by atoms with E-state index in [1.165, 1.54) is 0 Å². The molecule has 3 nitrogen and oxygen atoms in total. The topological polar surface area (TPSA) is 37.6 Å². The van der Waals surface area contributed by atoms with E-state index in [1.807, 2.05) is 48.5 Å². The molecule has 0 unspecified atom stereocenters. The minimum atomic E-state index is -0.0534. The number of nitrogens with zero attached hydrogens (tertiary/aromatic N) is 3. The highest BCUT2D eigenvalue weighted by atomic mass is 32.2. The molecule has 2 rings (SSSR count). The average molecular weight is 257 g/mol. The van der Waals surface area contributed by atoms with Crippen molar-refractivity contribution in [2.75, 3.05) is 12.5 Å². The number of aromatic nitrogens is 1. The number of hydrogen-bond acceptors (Lipinski definition) is 2. The number of hydrogen-bond donors (Lipinski definition) is 0. The van der Waals surface area contributed by atoms with Crippen LogP contribution in [0, 0.1) is 0 Å². The van der Waals surface area contributed by atoms with Gasteiger partial charge < -0.3 is 0 Å². The van der Waals surface area contributed by atoms with Crippen LogP contribution in [0.25, 0.3) is 0 Å². The van der Waals surface area contributed by atoms with Gasteiger partial charge in [-0.15, -0.1) is 0 Å². The van der Waals surface area contributed by atoms with Crippen LogP contribution in [0.3, 0.4) is 0 Å². The fourth-order valence-electron chi connectivity index (χ4n) is 1.43. The van der Waals surface area contributed by atoms with Gasteiger partial charge in [0.05, 0.1) is 0 Å². The molecule has 0 radical (unpaired) electrons. The van der Waals surface area contributed by atoms with E-state index in [0.29, 0.717) is 5.82 Å². The molecule has 0 aliphatic rings. The first-order valence-electron chi connectivity index (χ1n) is 5.60. The number of pyridine rings is 1. The van der Waals surface area contributed by atoms with Crippen molar-refractivity contribution in [3.05, 3.63) is 60.3 Å². The number of aliphatic imine (C=N–C) groups is 1. The van der Waals surface area contributed by atoms with Crippen molar-refractivity contribution >= 4 is 22.3 Å². The molecule has 0 aliphatic heterocycles. The maximum absolute atomic E-state index is 4.58. The van der Waals surface area contributed by atoms with Crippen molar-refractivity contribution in [2.24, 2.45) is 9.36 Å². The van der Waals surface area contributed by atoms with Crippen molar-refractivity contribution in [3.63, 3.8) is 0 Å². The zero-order valence-corrected chi connectivity index (χ0v) is 11.3. The number of benzene rings is 1. The summed E-state index contributed by atoms with van der Waals surface area (Å²) in [6.07, 6.45) is 5.87. The normalized spacial score (nSPS) is 11.6. The Morgan fingerprint density at radius 3 is 2.33 bits per heavy atom. The lowest BCUT2D eigenvalue weighted by atomic mass is 10.2. The average Bonchev–Trinajstić information content (AvgIpc) is 2.40. The molecule has 0 saturated heterocycles. The van der Waals surface area contributed by atoms with Crippen LogP contribution in [0.4, 0.5) is 5.82 Å². The molecule has 0 saturated carbocycles. The Bertz CT molecular complexity index is 558. The summed E-state index contributed by atoms with van der Waals surface area (Å²) in [4.78, 5) is 8.72. The van der Waals surface area contributed by atoms with Crippen molar-refractivity contribution in [3.8, 4) is 0 Å². The third-order valence-corrected chi connectivity index (χ3v) is 2.71. The van der Waals surface area contributed by atoms with Crippen molar-refractivity contribution in [1.29, 1.82) is 0 Å². The van der Waals surface area contributed by atoms with Crippen LogP contribution in [0.5, 0.6) is 0 Å². The molecule has 2 aromatic rings. The number of amidine groups is 1. The first kappa shape index (κ1) is 12.6. The molecule has 0 atom stereocenters. The van der Waals surface area contributed by atoms with E-state index in [0.717, 1.165) is 11.4 Å². The summed E-state index contributed by atoms with van der Waals surface area (Å²) < 4.78 is 4.58. The fraction of sp³-hybridized carbons (Fsp3) is 0.143. The van der Waals surface area contributed by atoms with Crippen LogP contribution >= 0.6 is 0 Å². The second kappa shape index (κ2) is 6.21. The molecular formula is C14H15N3S. The molecule has 0 spiro atoms. The van der Waals surface area contributed by atoms with Gasteiger partial charge in [-0.2, -0.15) is 0 Å². The van der Waals surface area contributed by atoms with Crippen LogP contribution in [-0.2, 0) is 10.7 Å². The maximum atomic E-state index is 4.58. The van der Waals surface area contributed by atoms with E-state index in [9.17, 15) is 0 Å². The van der Waals surface area contributed by atoms with Crippen LogP contribution in [0.2, 0.25) is 0 Å². The predicted molar refractivity (Wildman–Crippen MR) is 78.5 cm³/mol. The van der Waals surface area contributed by atoms with Gasteiger partial charge in [-0.05, 0) is 24.6 Å². The molecule has 1 aromatic heterocycles. The summed E-state index contributed by atoms with van der Waals surface area (Å²) >= 11 is 0. The molecule has 92 valence electrons. The van der Waals surface area contributed by atoms with E-state index >= 15 is 0 Å². The summed E-state index contributed by atoms with van der Waals surface area (Å²) in [5, 5.41) is 0. The van der Waals surface area contributed by atoms with Gasteiger partial charge in [0.2, 0.25) is 0 Å². The van der Waals surface area contributed by atoms with Gasteiger partial charge in [0.1, 0.15) is 0 Å². The van der Waals surface area contributed by atoms with Gasteiger partial charge in [0.25, 0.3) is 0 Å². The molecule has 0 bridgehead atoms. The SMILES string of the molecule is CS(C)=NC(=Nc1ccccn1)c1ccccc1. The van der Waals surface area contributed by atoms with Gasteiger partial charge in [-0.3, -0.25) is 0 Å². The van der Waals surface area contributed by atoms with E-state index in [1.54, 1.807) is 6.20 Å². The zero-order valence-electron chi connectivity index (χ0n) is 10.4. The number of rotatable bonds is 2. The quantitative estimate of drug-likeness (QED) is 0.601. The van der Waals surface area contributed by atoms with Crippen molar-refractivity contribution < 1.29 is 0 Å². The van der Waals surface area contributed by atoms with Crippen LogP contribution in [0.1, 0.15) is 5.56 Å². The molecular weight excluding hydrogens is 242 g/mol. The summed E-state index contributed by atoms with van der Waals surface area (Å²) in [6.45, 7) is 0. The van der Waals surface area contributed by atoms with Gasteiger partial charge in [-0.25, -0.2) is 14.3 Å². The molecule has 1 aromatic carbocycles. The van der Waals surface area contributed by atoms with E-state index in [-0.39, 0.29) is 10.7 Å². The maximum Gasteiger partial charge on any atom is 0.168 e. The first-order chi connectivity index (χ1) is 8.75. The van der Waals surface area contributed by atoms with Crippen molar-refractivity contribution in [2.45, 2.75) is 0 Å². The first-order valence-corrected chi connectivity index (χ1v) is 7.60. The monoisotopic (exact) mass is 257 g/mol. The standard InChI is InChI=1S/C14H15N3S/c1-18(2)17-14(12-8-4-3-5-9-12)16-13-10-6-7-11-15-13/h3-11H,1-2H3. The molecule has 0 aliphatic carbocycles. The molecule has 4 heteroatoms. The lowest BCUT2D eigenvalue weighted by Crippen LogP contribution is -1.98. The minimum absolute atomic E-state index is 0.0534. The Morgan fingerprint density at radius 2 is 1.72 bits per heavy atom. The Kier molecular flexibility index (Phi) is 4.36. The van der Waals surface area contributed by atoms with Gasteiger partial charge in [-0.1, -0.05) is 47.1 Å². The highest BCUT2D eigenvalue weighted by Gasteiger charge is 2.02. The zero-order chi connectivity index (χ0) is 12.8. The van der Waals surface area contributed by atoms with Crippen LogP contribution < -0.4 is 0 Å². The Balaban J connectivity index is 2.44. The smallest absolute Gasteiger partial charge is 0.168 e. The van der Waals surface area contributed by atoms with E-state index in [4.69, 9.17) is 0 Å². The highest BCUT2D eigenvalue weighted by Crippen LogP contribution is 2.11. The second-order valence-electron chi connectivity index (χ2n) is 3.85. The predicted octanol–water partition coefficient (Wildman–Crippen LogP) is 3.22. The third kappa shape index (κ3) is 3.60. The molecule has 0 N–H and O–H groups in total. The second-order valence-corrected chi connectivity index (χ2v) is 5.58. The summed E-state index contributed by atoms with van der Waals surface area (Å²) in [5.74, 6) is 1.42. The van der Waals surface area contributed by atoms with Gasteiger partial charge in [0.15, 0.2) is 11.7 Å². The summed E-state index contributed by atoms with van der Waals surface area (Å²) in [7, 11) is -0.0534. The molecule has 0 fully saturated rings. The lowest BCUT2D eigenvalue weighted by Gasteiger charge is -2.02. The van der Waals surface area contributed by atoms with Gasteiger partial charge >= 0.3 is 0 Å². The Labute approximate surface area is 110 Å². The van der Waals surface area contributed by atoms with Gasteiger partial charge in [0, 0.05) is 11.8 Å². The Morgan fingerprint density at radius 1 is 1.00 bits per heavy atom.